The Labute approximate surface area is 86.0 Å². The lowest BCUT2D eigenvalue weighted by molar-refractivity contribution is 0.240. The van der Waals surface area contributed by atoms with Gasteiger partial charge in [0.25, 0.3) is 0 Å². The summed E-state index contributed by atoms with van der Waals surface area (Å²) in [4.78, 5) is 6.63. The van der Waals surface area contributed by atoms with Crippen LogP contribution in [0.5, 0.6) is 0 Å². The van der Waals surface area contributed by atoms with Gasteiger partial charge >= 0.3 is 0 Å². The summed E-state index contributed by atoms with van der Waals surface area (Å²) in [5.74, 6) is 0. The zero-order chi connectivity index (χ0) is 9.80. The van der Waals surface area contributed by atoms with Gasteiger partial charge in [0, 0.05) is 25.0 Å². The van der Waals surface area contributed by atoms with Crippen LogP contribution in [0.4, 0.5) is 0 Å². The highest BCUT2D eigenvalue weighted by Crippen LogP contribution is 2.21. The van der Waals surface area contributed by atoms with E-state index in [0.29, 0.717) is 0 Å². The highest BCUT2D eigenvalue weighted by atomic mass is 15.2. The minimum atomic E-state index is 0.808. The summed E-state index contributed by atoms with van der Waals surface area (Å²) in [7, 11) is 0. The van der Waals surface area contributed by atoms with Crippen molar-refractivity contribution in [3.63, 3.8) is 0 Å². The van der Waals surface area contributed by atoms with E-state index in [0.717, 1.165) is 12.6 Å². The third-order valence-electron chi connectivity index (χ3n) is 3.11. The number of hydrogen-bond acceptors (Lipinski definition) is 2. The van der Waals surface area contributed by atoms with Gasteiger partial charge in [0.1, 0.15) is 0 Å². The molecule has 14 heavy (non-hydrogen) atoms. The number of rotatable bonds is 3. The molecule has 1 atom stereocenters. The number of likely N-dealkylation sites (tertiary alicyclic amines) is 1. The first-order chi connectivity index (χ1) is 6.90. The Morgan fingerprint density at radius 1 is 1.43 bits per heavy atom. The Bertz CT molecular complexity index is 271. The second-order valence-electron chi connectivity index (χ2n) is 4.03. The van der Waals surface area contributed by atoms with Gasteiger partial charge in [-0.3, -0.25) is 9.88 Å². The van der Waals surface area contributed by atoms with Crippen LogP contribution in [0.3, 0.4) is 0 Å². The zero-order valence-corrected chi connectivity index (χ0v) is 8.82. The second-order valence-corrected chi connectivity index (χ2v) is 4.03. The summed E-state index contributed by atoms with van der Waals surface area (Å²) in [6.07, 6.45) is 7.79. The minimum Gasteiger partial charge on any atom is -0.296 e. The second kappa shape index (κ2) is 4.56. The quantitative estimate of drug-likeness (QED) is 0.728. The van der Waals surface area contributed by atoms with Crippen molar-refractivity contribution < 1.29 is 0 Å². The van der Waals surface area contributed by atoms with Crippen LogP contribution in [0.1, 0.15) is 31.7 Å². The van der Waals surface area contributed by atoms with Gasteiger partial charge in [0.05, 0.1) is 0 Å². The van der Waals surface area contributed by atoms with Crippen molar-refractivity contribution in [3.8, 4) is 0 Å². The van der Waals surface area contributed by atoms with E-state index < -0.39 is 0 Å². The molecule has 76 valence electrons. The first kappa shape index (κ1) is 9.66. The van der Waals surface area contributed by atoms with Crippen LogP contribution < -0.4 is 0 Å². The topological polar surface area (TPSA) is 16.1 Å². The van der Waals surface area contributed by atoms with Crippen molar-refractivity contribution in [3.05, 3.63) is 30.1 Å². The van der Waals surface area contributed by atoms with E-state index in [1.165, 1.54) is 31.4 Å². The monoisotopic (exact) mass is 190 g/mol. The smallest absolute Gasteiger partial charge is 0.0271 e. The fraction of sp³-hybridized carbons (Fsp3) is 0.583. The van der Waals surface area contributed by atoms with Gasteiger partial charge < -0.3 is 0 Å². The number of pyridine rings is 1. The van der Waals surface area contributed by atoms with Gasteiger partial charge in [-0.2, -0.15) is 0 Å². The van der Waals surface area contributed by atoms with E-state index in [4.69, 9.17) is 0 Å². The zero-order valence-electron chi connectivity index (χ0n) is 8.82. The molecule has 0 aromatic carbocycles. The maximum Gasteiger partial charge on any atom is 0.0271 e. The van der Waals surface area contributed by atoms with Crippen molar-refractivity contribution in [2.45, 2.75) is 38.8 Å². The molecule has 2 heterocycles. The molecule has 0 radical (unpaired) electrons. The van der Waals surface area contributed by atoms with Crippen LogP contribution in [0, 0.1) is 0 Å². The number of hydrogen-bond donors (Lipinski definition) is 0. The SMILES string of the molecule is CCC1CCCN1Cc1ccncc1. The molecule has 1 aromatic heterocycles. The molecule has 2 heteroatoms. The van der Waals surface area contributed by atoms with Gasteiger partial charge in [0.15, 0.2) is 0 Å². The standard InChI is InChI=1S/C12H18N2/c1-2-12-4-3-9-14(12)10-11-5-7-13-8-6-11/h5-8,12H,2-4,9-10H2,1H3. The molecule has 2 rings (SSSR count). The summed E-state index contributed by atoms with van der Waals surface area (Å²) in [5.41, 5.74) is 1.39. The van der Waals surface area contributed by atoms with Crippen molar-refractivity contribution in [2.75, 3.05) is 6.54 Å². The minimum absolute atomic E-state index is 0.808. The maximum atomic E-state index is 4.04. The predicted molar refractivity (Wildman–Crippen MR) is 58.0 cm³/mol. The van der Waals surface area contributed by atoms with E-state index in [1.54, 1.807) is 0 Å². The van der Waals surface area contributed by atoms with E-state index >= 15 is 0 Å². The first-order valence-corrected chi connectivity index (χ1v) is 5.53. The summed E-state index contributed by atoms with van der Waals surface area (Å²) in [5, 5.41) is 0. The molecule has 0 amide bonds. The summed E-state index contributed by atoms with van der Waals surface area (Å²) < 4.78 is 0. The molecule has 1 saturated heterocycles. The lowest BCUT2D eigenvalue weighted by Crippen LogP contribution is -2.28. The molecular weight excluding hydrogens is 172 g/mol. The molecule has 0 saturated carbocycles. The average Bonchev–Trinajstić information content (AvgIpc) is 2.67. The third kappa shape index (κ3) is 2.13. The largest absolute Gasteiger partial charge is 0.296 e. The van der Waals surface area contributed by atoms with Crippen molar-refractivity contribution in [1.29, 1.82) is 0 Å². The van der Waals surface area contributed by atoms with Gasteiger partial charge in [-0.25, -0.2) is 0 Å². The predicted octanol–water partition coefficient (Wildman–Crippen LogP) is 2.46. The highest BCUT2D eigenvalue weighted by molar-refractivity contribution is 5.09. The normalized spacial score (nSPS) is 22.8. The molecule has 1 fully saturated rings. The Morgan fingerprint density at radius 3 is 2.93 bits per heavy atom. The Morgan fingerprint density at radius 2 is 2.21 bits per heavy atom. The fourth-order valence-corrected chi connectivity index (χ4v) is 2.29. The molecule has 0 N–H and O–H groups in total. The van der Waals surface area contributed by atoms with E-state index in [-0.39, 0.29) is 0 Å². The lowest BCUT2D eigenvalue weighted by atomic mass is 10.1. The van der Waals surface area contributed by atoms with Crippen molar-refractivity contribution in [2.24, 2.45) is 0 Å². The van der Waals surface area contributed by atoms with Gasteiger partial charge in [0.2, 0.25) is 0 Å². The highest BCUT2D eigenvalue weighted by Gasteiger charge is 2.22. The Hall–Kier alpha value is -0.890. The molecule has 2 nitrogen and oxygen atoms in total. The third-order valence-corrected chi connectivity index (χ3v) is 3.11. The van der Waals surface area contributed by atoms with Gasteiger partial charge in [-0.05, 0) is 43.5 Å². The lowest BCUT2D eigenvalue weighted by Gasteiger charge is -2.23. The maximum absolute atomic E-state index is 4.04. The van der Waals surface area contributed by atoms with Crippen molar-refractivity contribution in [1.82, 2.24) is 9.88 Å². The number of aromatic nitrogens is 1. The van der Waals surface area contributed by atoms with Crippen LogP contribution in [0.25, 0.3) is 0 Å². The Kier molecular flexibility index (Phi) is 3.14. The number of nitrogens with zero attached hydrogens (tertiary/aromatic N) is 2. The average molecular weight is 190 g/mol. The van der Waals surface area contributed by atoms with Crippen LogP contribution >= 0.6 is 0 Å². The first-order valence-electron chi connectivity index (χ1n) is 5.53. The van der Waals surface area contributed by atoms with E-state index in [9.17, 15) is 0 Å². The van der Waals surface area contributed by atoms with Crippen LogP contribution in [0.15, 0.2) is 24.5 Å². The summed E-state index contributed by atoms with van der Waals surface area (Å²) in [6, 6.07) is 5.04. The summed E-state index contributed by atoms with van der Waals surface area (Å²) in [6.45, 7) is 4.65. The summed E-state index contributed by atoms with van der Waals surface area (Å²) >= 11 is 0. The molecule has 1 aliphatic rings. The Balaban J connectivity index is 1.97. The van der Waals surface area contributed by atoms with Crippen LogP contribution in [-0.4, -0.2) is 22.5 Å². The molecule has 0 bridgehead atoms. The molecule has 1 aromatic rings. The fourth-order valence-electron chi connectivity index (χ4n) is 2.29. The molecule has 1 unspecified atom stereocenters. The molecule has 0 aliphatic carbocycles. The van der Waals surface area contributed by atoms with E-state index in [1.807, 2.05) is 12.4 Å². The van der Waals surface area contributed by atoms with Gasteiger partial charge in [-0.1, -0.05) is 6.92 Å². The van der Waals surface area contributed by atoms with Crippen molar-refractivity contribution >= 4 is 0 Å². The van der Waals surface area contributed by atoms with Crippen LogP contribution in [-0.2, 0) is 6.54 Å². The van der Waals surface area contributed by atoms with E-state index in [2.05, 4.69) is 28.9 Å². The molecule has 1 aliphatic heterocycles. The molecule has 0 spiro atoms. The molecular formula is C12H18N2. The van der Waals surface area contributed by atoms with Crippen LogP contribution in [0.2, 0.25) is 0 Å². The van der Waals surface area contributed by atoms with Gasteiger partial charge in [-0.15, -0.1) is 0 Å².